The lowest BCUT2D eigenvalue weighted by atomic mass is 10.0. The van der Waals surface area contributed by atoms with Crippen LogP contribution in [0.1, 0.15) is 41.8 Å². The Morgan fingerprint density at radius 2 is 1.97 bits per heavy atom. The molecule has 1 amide bonds. The van der Waals surface area contributed by atoms with Crippen LogP contribution in [0.2, 0.25) is 5.02 Å². The fraction of sp³-hybridized carbons (Fsp3) is 0.455. The van der Waals surface area contributed by atoms with Gasteiger partial charge in [0.05, 0.1) is 13.1 Å². The molecule has 7 nitrogen and oxygen atoms in total. The minimum Gasteiger partial charge on any atom is -0.353 e. The maximum atomic E-state index is 12.5. The second-order valence-corrected chi connectivity index (χ2v) is 8.56. The van der Waals surface area contributed by atoms with Crippen LogP contribution in [-0.2, 0) is 17.8 Å². The van der Waals surface area contributed by atoms with Gasteiger partial charge in [0.25, 0.3) is 5.78 Å². The Labute approximate surface area is 181 Å². The molecule has 3 heterocycles. The first-order valence-corrected chi connectivity index (χ1v) is 10.9. The second kappa shape index (κ2) is 9.10. The average Bonchev–Trinajstić information content (AvgIpc) is 3.19. The lowest BCUT2D eigenvalue weighted by molar-refractivity contribution is -0.918. The summed E-state index contributed by atoms with van der Waals surface area (Å²) in [4.78, 5) is 22.7. The van der Waals surface area contributed by atoms with Gasteiger partial charge < -0.3 is 10.2 Å². The summed E-state index contributed by atoms with van der Waals surface area (Å²) in [6.07, 6.45) is 4.65. The van der Waals surface area contributed by atoms with E-state index in [-0.39, 0.29) is 11.9 Å². The third-order valence-electron chi connectivity index (χ3n) is 6.02. The van der Waals surface area contributed by atoms with Crippen LogP contribution in [0.3, 0.4) is 0 Å². The molecule has 0 saturated carbocycles. The van der Waals surface area contributed by atoms with Gasteiger partial charge in [0.1, 0.15) is 12.9 Å². The molecule has 2 N–H and O–H groups in total. The van der Waals surface area contributed by atoms with Crippen molar-refractivity contribution in [1.82, 2.24) is 24.9 Å². The number of carbonyl (C=O) groups is 1. The minimum atomic E-state index is 0.110. The van der Waals surface area contributed by atoms with Crippen LogP contribution in [0, 0.1) is 13.8 Å². The van der Waals surface area contributed by atoms with Gasteiger partial charge in [-0.05, 0) is 38.0 Å². The molecule has 0 aliphatic carbocycles. The number of fused-ring (bicyclic) bond motifs is 1. The van der Waals surface area contributed by atoms with Gasteiger partial charge in [0, 0.05) is 47.3 Å². The van der Waals surface area contributed by atoms with Crippen LogP contribution in [0.4, 0.5) is 0 Å². The fourth-order valence-electron chi connectivity index (χ4n) is 4.29. The molecule has 2 aromatic heterocycles. The van der Waals surface area contributed by atoms with E-state index in [0.717, 1.165) is 54.4 Å². The summed E-state index contributed by atoms with van der Waals surface area (Å²) < 4.78 is 1.74. The third-order valence-corrected chi connectivity index (χ3v) is 6.27. The molecular weight excluding hydrogens is 400 g/mol. The Balaban J connectivity index is 1.25. The van der Waals surface area contributed by atoms with Crippen molar-refractivity contribution in [2.75, 3.05) is 13.1 Å². The Hall–Kier alpha value is -2.51. The smallest absolute Gasteiger partial charge is 0.252 e. The first-order chi connectivity index (χ1) is 14.5. The molecule has 1 aliphatic rings. The lowest BCUT2D eigenvalue weighted by Gasteiger charge is -2.30. The summed E-state index contributed by atoms with van der Waals surface area (Å²) >= 11 is 5.97. The highest BCUT2D eigenvalue weighted by atomic mass is 35.5. The quantitative estimate of drug-likeness (QED) is 0.627. The summed E-state index contributed by atoms with van der Waals surface area (Å²) in [5.41, 5.74) is 4.30. The van der Waals surface area contributed by atoms with Crippen LogP contribution in [-0.4, -0.2) is 44.6 Å². The topological polar surface area (TPSA) is 76.6 Å². The van der Waals surface area contributed by atoms with Crippen molar-refractivity contribution in [1.29, 1.82) is 0 Å². The second-order valence-electron chi connectivity index (χ2n) is 8.13. The zero-order valence-electron chi connectivity index (χ0n) is 17.5. The molecule has 30 heavy (non-hydrogen) atoms. The summed E-state index contributed by atoms with van der Waals surface area (Å²) in [5.74, 6) is 0.713. The van der Waals surface area contributed by atoms with Crippen LogP contribution in [0.5, 0.6) is 0 Å². The molecule has 8 heteroatoms. The van der Waals surface area contributed by atoms with E-state index in [2.05, 4.69) is 32.5 Å². The number of aromatic nitrogens is 4. The monoisotopic (exact) mass is 427 g/mol. The Kier molecular flexibility index (Phi) is 6.29. The summed E-state index contributed by atoms with van der Waals surface area (Å²) in [6, 6.07) is 8.35. The Morgan fingerprint density at radius 3 is 2.70 bits per heavy atom. The van der Waals surface area contributed by atoms with Crippen molar-refractivity contribution < 1.29 is 9.69 Å². The predicted octanol–water partition coefficient (Wildman–Crippen LogP) is 1.69. The molecule has 1 fully saturated rings. The number of benzene rings is 1. The molecule has 0 radical (unpaired) electrons. The summed E-state index contributed by atoms with van der Waals surface area (Å²) in [5, 5.41) is 8.22. The molecule has 0 unspecified atom stereocenters. The van der Waals surface area contributed by atoms with Gasteiger partial charge >= 0.3 is 0 Å². The van der Waals surface area contributed by atoms with Gasteiger partial charge in [-0.1, -0.05) is 23.7 Å². The van der Waals surface area contributed by atoms with E-state index in [9.17, 15) is 4.79 Å². The summed E-state index contributed by atoms with van der Waals surface area (Å²) in [6.45, 7) is 7.11. The van der Waals surface area contributed by atoms with Crippen molar-refractivity contribution >= 4 is 23.3 Å². The molecule has 3 aromatic rings. The fourth-order valence-corrected chi connectivity index (χ4v) is 4.42. The average molecular weight is 428 g/mol. The van der Waals surface area contributed by atoms with E-state index in [0.29, 0.717) is 18.6 Å². The zero-order valence-corrected chi connectivity index (χ0v) is 18.2. The molecule has 0 bridgehead atoms. The standard InChI is InChI=1S/C22H27ClN6O/c1-15-20(16(2)29-22(26-15)24-14-25-29)7-8-21(30)27-19-9-11-28(12-10-19)13-17-3-5-18(23)6-4-17/h3-6,14,19H,7-13H2,1-2H3,(H,27,30)/p+1. The lowest BCUT2D eigenvalue weighted by Crippen LogP contribution is -3.12. The number of quaternary nitrogens is 1. The number of amides is 1. The highest BCUT2D eigenvalue weighted by Gasteiger charge is 2.23. The number of hydrogen-bond donors (Lipinski definition) is 2. The van der Waals surface area contributed by atoms with Crippen LogP contribution in [0.15, 0.2) is 30.6 Å². The first-order valence-electron chi connectivity index (χ1n) is 10.5. The van der Waals surface area contributed by atoms with Crippen molar-refractivity contribution in [3.8, 4) is 0 Å². The van der Waals surface area contributed by atoms with Crippen LogP contribution in [0.25, 0.3) is 5.78 Å². The van der Waals surface area contributed by atoms with Gasteiger partial charge in [-0.3, -0.25) is 4.79 Å². The van der Waals surface area contributed by atoms with Gasteiger partial charge in [0.2, 0.25) is 5.91 Å². The SMILES string of the molecule is Cc1nc2ncnn2c(C)c1CCC(=O)NC1CC[NH+](Cc2ccc(Cl)cc2)CC1. The number of nitrogens with zero attached hydrogens (tertiary/aromatic N) is 4. The molecule has 0 atom stereocenters. The number of rotatable bonds is 6. The van der Waals surface area contributed by atoms with Gasteiger partial charge in [-0.25, -0.2) is 9.50 Å². The highest BCUT2D eigenvalue weighted by molar-refractivity contribution is 6.30. The number of hydrogen-bond acceptors (Lipinski definition) is 4. The molecule has 1 saturated heterocycles. The number of piperidine rings is 1. The van der Waals surface area contributed by atoms with Crippen LogP contribution < -0.4 is 10.2 Å². The predicted molar refractivity (Wildman–Crippen MR) is 116 cm³/mol. The van der Waals surface area contributed by atoms with E-state index in [1.807, 2.05) is 26.0 Å². The minimum absolute atomic E-state index is 0.110. The summed E-state index contributed by atoms with van der Waals surface area (Å²) in [7, 11) is 0. The number of halogens is 1. The zero-order chi connectivity index (χ0) is 21.1. The highest BCUT2D eigenvalue weighted by Crippen LogP contribution is 2.15. The van der Waals surface area contributed by atoms with E-state index in [1.54, 1.807) is 9.42 Å². The largest absolute Gasteiger partial charge is 0.353 e. The number of aryl methyl sites for hydroxylation is 2. The first kappa shape index (κ1) is 20.8. The maximum Gasteiger partial charge on any atom is 0.252 e. The van der Waals surface area contributed by atoms with E-state index in [1.165, 1.54) is 11.9 Å². The maximum absolute atomic E-state index is 12.5. The molecule has 4 rings (SSSR count). The van der Waals surface area contributed by atoms with Gasteiger partial charge in [0.15, 0.2) is 0 Å². The molecule has 158 valence electrons. The van der Waals surface area contributed by atoms with Crippen molar-refractivity contribution in [3.05, 3.63) is 58.1 Å². The van der Waals surface area contributed by atoms with E-state index in [4.69, 9.17) is 11.6 Å². The molecule has 1 aliphatic heterocycles. The van der Waals surface area contributed by atoms with E-state index >= 15 is 0 Å². The van der Waals surface area contributed by atoms with Crippen LogP contribution >= 0.6 is 11.6 Å². The van der Waals surface area contributed by atoms with E-state index < -0.39 is 0 Å². The van der Waals surface area contributed by atoms with Gasteiger partial charge in [-0.15, -0.1) is 0 Å². The normalized spacial score (nSPS) is 19.2. The Bertz CT molecular complexity index is 1020. The van der Waals surface area contributed by atoms with Crippen molar-refractivity contribution in [3.63, 3.8) is 0 Å². The Morgan fingerprint density at radius 1 is 1.23 bits per heavy atom. The number of likely N-dealkylation sites (tertiary alicyclic amines) is 1. The van der Waals surface area contributed by atoms with Crippen molar-refractivity contribution in [2.45, 2.75) is 52.1 Å². The van der Waals surface area contributed by atoms with Crippen molar-refractivity contribution in [2.24, 2.45) is 0 Å². The molecule has 1 aromatic carbocycles. The molecular formula is C22H28ClN6O+. The number of nitrogens with one attached hydrogen (secondary N) is 2. The number of carbonyl (C=O) groups excluding carboxylic acids is 1. The van der Waals surface area contributed by atoms with Gasteiger partial charge in [-0.2, -0.15) is 10.1 Å². The third kappa shape index (κ3) is 4.79. The molecule has 0 spiro atoms.